The molecule has 0 spiro atoms. The first kappa shape index (κ1) is 23.8. The van der Waals surface area contributed by atoms with E-state index in [0.29, 0.717) is 10.1 Å². The van der Waals surface area contributed by atoms with Crippen LogP contribution in [0.25, 0.3) is 17.0 Å². The summed E-state index contributed by atoms with van der Waals surface area (Å²) in [5, 5.41) is 5.38. The number of fused-ring (bicyclic) bond motifs is 1. The average Bonchev–Trinajstić information content (AvgIpc) is 3.40. The number of amidine groups is 1. The lowest BCUT2D eigenvalue weighted by atomic mass is 10.1. The Bertz CT molecular complexity index is 1420. The van der Waals surface area contributed by atoms with Gasteiger partial charge in [-0.3, -0.25) is 4.79 Å². The average molecular weight is 518 g/mol. The summed E-state index contributed by atoms with van der Waals surface area (Å²) in [4.78, 5) is 19.1. The molecule has 3 aromatic carbocycles. The van der Waals surface area contributed by atoms with Gasteiger partial charge >= 0.3 is 0 Å². The summed E-state index contributed by atoms with van der Waals surface area (Å²) in [5.41, 5.74) is 4.29. The van der Waals surface area contributed by atoms with Crippen LogP contribution in [0.4, 0.5) is 5.69 Å². The van der Waals surface area contributed by atoms with E-state index >= 15 is 0 Å². The van der Waals surface area contributed by atoms with Crippen molar-refractivity contribution in [3.63, 3.8) is 0 Å². The molecule has 176 valence electrons. The number of nitrogens with zero attached hydrogens (tertiary/aromatic N) is 2. The van der Waals surface area contributed by atoms with Gasteiger partial charge in [0, 0.05) is 44.9 Å². The minimum Gasteiger partial charge on any atom is -0.346 e. The Kier molecular flexibility index (Phi) is 7.32. The van der Waals surface area contributed by atoms with Gasteiger partial charge in [-0.15, -0.1) is 11.8 Å². The van der Waals surface area contributed by atoms with E-state index in [0.717, 1.165) is 45.9 Å². The topological polar surface area (TPSA) is 46.4 Å². The lowest BCUT2D eigenvalue weighted by Crippen LogP contribution is -2.19. The van der Waals surface area contributed by atoms with Gasteiger partial charge in [0.05, 0.1) is 10.6 Å². The van der Waals surface area contributed by atoms with Gasteiger partial charge in [0.1, 0.15) is 0 Å². The Morgan fingerprint density at radius 3 is 2.60 bits per heavy atom. The number of aryl methyl sites for hydroxylation is 2. The molecule has 0 unspecified atom stereocenters. The van der Waals surface area contributed by atoms with E-state index in [9.17, 15) is 4.79 Å². The fourth-order valence-corrected chi connectivity index (χ4v) is 5.72. The number of aromatic nitrogens is 1. The highest BCUT2D eigenvalue weighted by atomic mass is 35.5. The molecule has 0 atom stereocenters. The number of amides is 1. The molecular formula is C28H24ClN3OS2. The van der Waals surface area contributed by atoms with Crippen LogP contribution in [0.15, 0.2) is 93.8 Å². The van der Waals surface area contributed by atoms with E-state index in [-0.39, 0.29) is 5.91 Å². The summed E-state index contributed by atoms with van der Waals surface area (Å²) in [5.74, 6) is 0.813. The first-order valence-corrected chi connectivity index (χ1v) is 13.6. The highest BCUT2D eigenvalue weighted by Crippen LogP contribution is 2.31. The van der Waals surface area contributed by atoms with Gasteiger partial charge in [0.2, 0.25) is 0 Å². The number of aliphatic imine (C=N–C) groups is 1. The predicted octanol–water partition coefficient (Wildman–Crippen LogP) is 7.54. The van der Waals surface area contributed by atoms with Gasteiger partial charge in [-0.2, -0.15) is 0 Å². The number of carbonyl (C=O) groups is 1. The number of rotatable bonds is 7. The maximum absolute atomic E-state index is 12.7. The fourth-order valence-electron chi connectivity index (χ4n) is 3.91. The highest BCUT2D eigenvalue weighted by molar-refractivity contribution is 8.18. The van der Waals surface area contributed by atoms with Crippen molar-refractivity contribution in [1.29, 1.82) is 0 Å². The van der Waals surface area contributed by atoms with Crippen molar-refractivity contribution in [3.05, 3.63) is 100 Å². The molecule has 1 aliphatic heterocycles. The second kappa shape index (κ2) is 10.8. The van der Waals surface area contributed by atoms with E-state index in [1.165, 1.54) is 22.2 Å². The van der Waals surface area contributed by atoms with Crippen molar-refractivity contribution < 1.29 is 4.79 Å². The number of carbonyl (C=O) groups excluding carboxylic acids is 1. The molecule has 0 aliphatic carbocycles. The lowest BCUT2D eigenvalue weighted by Gasteiger charge is -2.05. The molecule has 0 radical (unpaired) electrons. The minimum absolute atomic E-state index is 0.117. The quantitative estimate of drug-likeness (QED) is 0.203. The van der Waals surface area contributed by atoms with Crippen LogP contribution in [0, 0.1) is 0 Å². The largest absolute Gasteiger partial charge is 0.346 e. The second-order valence-corrected chi connectivity index (χ2v) is 10.7. The van der Waals surface area contributed by atoms with Crippen LogP contribution in [0.5, 0.6) is 0 Å². The monoisotopic (exact) mass is 517 g/mol. The van der Waals surface area contributed by atoms with E-state index in [1.54, 1.807) is 11.8 Å². The van der Waals surface area contributed by atoms with E-state index in [4.69, 9.17) is 11.6 Å². The van der Waals surface area contributed by atoms with Crippen LogP contribution in [0.1, 0.15) is 18.1 Å². The molecule has 0 saturated carbocycles. The molecule has 0 bridgehead atoms. The Morgan fingerprint density at radius 1 is 1.06 bits per heavy atom. The molecule has 1 aliphatic rings. The lowest BCUT2D eigenvalue weighted by molar-refractivity contribution is -0.115. The molecule has 2 heterocycles. The number of benzene rings is 3. The van der Waals surface area contributed by atoms with Crippen molar-refractivity contribution in [1.82, 2.24) is 9.88 Å². The summed E-state index contributed by atoms with van der Waals surface area (Å²) < 4.78 is 2.26. The molecule has 35 heavy (non-hydrogen) atoms. The fraction of sp³-hybridized carbons (Fsp3) is 0.143. The second-order valence-electron chi connectivity index (χ2n) is 8.10. The number of para-hydroxylation sites is 1. The van der Waals surface area contributed by atoms with Crippen LogP contribution in [0.3, 0.4) is 0 Å². The third-order valence-electron chi connectivity index (χ3n) is 5.75. The zero-order valence-electron chi connectivity index (χ0n) is 19.2. The molecule has 1 N–H and O–H groups in total. The van der Waals surface area contributed by atoms with Crippen molar-refractivity contribution in [3.8, 4) is 0 Å². The summed E-state index contributed by atoms with van der Waals surface area (Å²) in [6, 6.07) is 24.3. The molecule has 7 heteroatoms. The van der Waals surface area contributed by atoms with Gasteiger partial charge in [0.15, 0.2) is 5.17 Å². The molecule has 1 amide bonds. The first-order valence-electron chi connectivity index (χ1n) is 11.4. The van der Waals surface area contributed by atoms with Gasteiger partial charge in [-0.25, -0.2) is 4.99 Å². The number of hydrogen-bond donors (Lipinski definition) is 1. The number of thioether (sulfide) groups is 2. The van der Waals surface area contributed by atoms with Crippen LogP contribution in [0.2, 0.25) is 5.02 Å². The van der Waals surface area contributed by atoms with Crippen molar-refractivity contribution in [2.45, 2.75) is 24.8 Å². The van der Waals surface area contributed by atoms with Gasteiger partial charge in [-0.05, 0) is 72.3 Å². The number of halogens is 1. The Hall–Kier alpha value is -2.93. The van der Waals surface area contributed by atoms with Crippen LogP contribution in [-0.4, -0.2) is 21.4 Å². The summed E-state index contributed by atoms with van der Waals surface area (Å²) in [6.07, 6.45) is 5.09. The molecule has 4 aromatic rings. The molecular weight excluding hydrogens is 494 g/mol. The Balaban J connectivity index is 1.34. The highest BCUT2D eigenvalue weighted by Gasteiger charge is 2.24. The number of hydrogen-bond acceptors (Lipinski definition) is 4. The SMILES string of the molecule is CCc1ccc(N=C2NC(=O)/C(=C/c3cn(CCSc4ccc(Cl)cc4)c4ccccc34)S2)cc1. The van der Waals surface area contributed by atoms with E-state index in [1.807, 2.05) is 54.6 Å². The van der Waals surface area contributed by atoms with Crippen LogP contribution in [-0.2, 0) is 17.8 Å². The van der Waals surface area contributed by atoms with Gasteiger partial charge < -0.3 is 9.88 Å². The van der Waals surface area contributed by atoms with E-state index in [2.05, 4.69) is 52.3 Å². The van der Waals surface area contributed by atoms with Crippen LogP contribution < -0.4 is 5.32 Å². The maximum Gasteiger partial charge on any atom is 0.264 e. The van der Waals surface area contributed by atoms with Crippen molar-refractivity contribution in [2.24, 2.45) is 4.99 Å². The predicted molar refractivity (Wildman–Crippen MR) is 151 cm³/mol. The maximum atomic E-state index is 12.7. The zero-order valence-corrected chi connectivity index (χ0v) is 21.6. The van der Waals surface area contributed by atoms with Crippen LogP contribution >= 0.6 is 35.1 Å². The third-order valence-corrected chi connectivity index (χ3v) is 7.90. The molecule has 4 nitrogen and oxygen atoms in total. The smallest absolute Gasteiger partial charge is 0.264 e. The summed E-state index contributed by atoms with van der Waals surface area (Å²) >= 11 is 9.17. The normalized spacial score (nSPS) is 15.9. The van der Waals surface area contributed by atoms with E-state index < -0.39 is 0 Å². The van der Waals surface area contributed by atoms with Crippen molar-refractivity contribution >= 4 is 68.9 Å². The standard InChI is InChI=1S/C28H24ClN3OS2/c1-2-19-7-11-22(12-8-19)30-28-31-27(33)26(35-28)17-20-18-32(25-6-4-3-5-24(20)25)15-16-34-23-13-9-21(29)10-14-23/h3-14,17-18H,2,15-16H2,1H3,(H,30,31,33)/b26-17-. The van der Waals surface area contributed by atoms with Crippen molar-refractivity contribution in [2.75, 3.05) is 5.75 Å². The summed E-state index contributed by atoms with van der Waals surface area (Å²) in [7, 11) is 0. The summed E-state index contributed by atoms with van der Waals surface area (Å²) in [6.45, 7) is 2.98. The van der Waals surface area contributed by atoms with Gasteiger partial charge in [0.25, 0.3) is 5.91 Å². The third kappa shape index (κ3) is 5.67. The minimum atomic E-state index is -0.117. The number of nitrogens with one attached hydrogen (secondary N) is 1. The Labute approximate surface area is 218 Å². The van der Waals surface area contributed by atoms with Gasteiger partial charge in [-0.1, -0.05) is 48.9 Å². The molecule has 5 rings (SSSR count). The molecule has 1 saturated heterocycles. The zero-order chi connectivity index (χ0) is 24.2. The first-order chi connectivity index (χ1) is 17.1. The Morgan fingerprint density at radius 2 is 1.83 bits per heavy atom. The molecule has 1 fully saturated rings. The molecule has 1 aromatic heterocycles.